The molecule has 0 spiro atoms. The Labute approximate surface area is 68.4 Å². The predicted molar refractivity (Wildman–Crippen MR) is 40.9 cm³/mol. The monoisotopic (exact) mass is 168 g/mol. The number of hydrogen-bond acceptors (Lipinski definition) is 4. The van der Waals surface area contributed by atoms with Crippen molar-refractivity contribution in [3.8, 4) is 0 Å². The zero-order valence-corrected chi connectivity index (χ0v) is 6.75. The van der Waals surface area contributed by atoms with Crippen LogP contribution < -0.4 is 5.56 Å². The maximum absolute atomic E-state index is 11.0. The number of H-pyrrole nitrogens is 1. The molecule has 0 bridgehead atoms. The first-order valence-corrected chi connectivity index (χ1v) is 3.29. The predicted octanol–water partition coefficient (Wildman–Crippen LogP) is -0.135. The van der Waals surface area contributed by atoms with Crippen LogP contribution in [0.15, 0.2) is 11.0 Å². The largest absolute Gasteiger partial charge is 0.463 e. The smallest absolute Gasteiger partial charge is 0.374 e. The van der Waals surface area contributed by atoms with E-state index < -0.39 is 5.97 Å². The van der Waals surface area contributed by atoms with Gasteiger partial charge in [-0.05, 0) is 6.92 Å². The van der Waals surface area contributed by atoms with Crippen LogP contribution in [0.25, 0.3) is 0 Å². The molecule has 0 saturated carbocycles. The van der Waals surface area contributed by atoms with Crippen LogP contribution in [-0.4, -0.2) is 23.0 Å². The second kappa shape index (κ2) is 3.17. The standard InChI is InChI=1S/C7H8N2O3/c1-4-3-8-5(7(11)12-2)9-6(4)10/h3H,1-2H3,(H,8,9,10). The minimum atomic E-state index is -0.646. The molecular weight excluding hydrogens is 160 g/mol. The number of nitrogens with one attached hydrogen (secondary N) is 1. The molecule has 0 aliphatic rings. The van der Waals surface area contributed by atoms with Crippen molar-refractivity contribution < 1.29 is 9.53 Å². The van der Waals surface area contributed by atoms with E-state index in [-0.39, 0.29) is 11.4 Å². The number of hydrogen-bond donors (Lipinski definition) is 1. The van der Waals surface area contributed by atoms with Gasteiger partial charge in [-0.25, -0.2) is 9.78 Å². The Morgan fingerprint density at radius 2 is 2.33 bits per heavy atom. The normalized spacial score (nSPS) is 9.50. The van der Waals surface area contributed by atoms with E-state index in [4.69, 9.17) is 0 Å². The van der Waals surface area contributed by atoms with Crippen LogP contribution in [0, 0.1) is 6.92 Å². The fraction of sp³-hybridized carbons (Fsp3) is 0.286. The van der Waals surface area contributed by atoms with Crippen LogP contribution >= 0.6 is 0 Å². The highest BCUT2D eigenvalue weighted by atomic mass is 16.5. The molecule has 1 heterocycles. The van der Waals surface area contributed by atoms with E-state index in [2.05, 4.69) is 14.7 Å². The van der Waals surface area contributed by atoms with Gasteiger partial charge in [0.25, 0.3) is 5.56 Å². The van der Waals surface area contributed by atoms with Gasteiger partial charge in [-0.3, -0.25) is 4.79 Å². The van der Waals surface area contributed by atoms with Crippen LogP contribution in [0.5, 0.6) is 0 Å². The number of carbonyl (C=O) groups is 1. The van der Waals surface area contributed by atoms with E-state index in [1.165, 1.54) is 13.3 Å². The Bertz CT molecular complexity index is 356. The van der Waals surface area contributed by atoms with Crippen LogP contribution in [0.3, 0.4) is 0 Å². The van der Waals surface area contributed by atoms with E-state index in [9.17, 15) is 9.59 Å². The first kappa shape index (κ1) is 8.45. The van der Waals surface area contributed by atoms with E-state index in [1.807, 2.05) is 0 Å². The molecule has 0 aliphatic carbocycles. The number of esters is 1. The van der Waals surface area contributed by atoms with Gasteiger partial charge in [0.05, 0.1) is 7.11 Å². The molecule has 0 saturated heterocycles. The molecule has 64 valence electrons. The van der Waals surface area contributed by atoms with Gasteiger partial charge in [-0.15, -0.1) is 0 Å². The molecule has 0 unspecified atom stereocenters. The number of nitrogens with zero attached hydrogens (tertiary/aromatic N) is 1. The summed E-state index contributed by atoms with van der Waals surface area (Å²) in [7, 11) is 1.22. The zero-order valence-electron chi connectivity index (χ0n) is 6.75. The van der Waals surface area contributed by atoms with E-state index in [1.54, 1.807) is 6.92 Å². The van der Waals surface area contributed by atoms with Gasteiger partial charge < -0.3 is 9.72 Å². The molecule has 0 aliphatic heterocycles. The first-order chi connectivity index (χ1) is 5.65. The summed E-state index contributed by atoms with van der Waals surface area (Å²) in [5, 5.41) is 0. The van der Waals surface area contributed by atoms with E-state index >= 15 is 0 Å². The number of methoxy groups -OCH3 is 1. The lowest BCUT2D eigenvalue weighted by Crippen LogP contribution is -2.17. The molecule has 0 fully saturated rings. The Kier molecular flexibility index (Phi) is 2.23. The molecule has 0 radical (unpaired) electrons. The third-order valence-electron chi connectivity index (χ3n) is 1.36. The molecule has 0 aromatic carbocycles. The summed E-state index contributed by atoms with van der Waals surface area (Å²) < 4.78 is 4.36. The Balaban J connectivity index is 3.13. The van der Waals surface area contributed by atoms with Gasteiger partial charge in [0.15, 0.2) is 0 Å². The van der Waals surface area contributed by atoms with Crippen LogP contribution in [0.2, 0.25) is 0 Å². The fourth-order valence-electron chi connectivity index (χ4n) is 0.659. The van der Waals surface area contributed by atoms with E-state index in [0.717, 1.165) is 0 Å². The Hall–Kier alpha value is -1.65. The highest BCUT2D eigenvalue weighted by molar-refractivity contribution is 5.84. The minimum absolute atomic E-state index is 0.0758. The van der Waals surface area contributed by atoms with Crippen molar-refractivity contribution in [2.24, 2.45) is 0 Å². The van der Waals surface area contributed by atoms with Crippen LogP contribution in [0.1, 0.15) is 16.2 Å². The molecule has 0 amide bonds. The van der Waals surface area contributed by atoms with Crippen molar-refractivity contribution in [1.29, 1.82) is 0 Å². The third kappa shape index (κ3) is 1.50. The molecule has 0 atom stereocenters. The second-order valence-electron chi connectivity index (χ2n) is 2.24. The number of ether oxygens (including phenoxy) is 1. The van der Waals surface area contributed by atoms with Gasteiger partial charge in [-0.1, -0.05) is 0 Å². The van der Waals surface area contributed by atoms with Gasteiger partial charge in [0.1, 0.15) is 0 Å². The highest BCUT2D eigenvalue weighted by Gasteiger charge is 2.07. The van der Waals surface area contributed by atoms with Crippen molar-refractivity contribution in [2.75, 3.05) is 7.11 Å². The summed E-state index contributed by atoms with van der Waals surface area (Å²) in [6.07, 6.45) is 1.32. The molecular formula is C7H8N2O3. The summed E-state index contributed by atoms with van der Waals surface area (Å²) >= 11 is 0. The minimum Gasteiger partial charge on any atom is -0.463 e. The summed E-state index contributed by atoms with van der Waals surface area (Å²) in [6.45, 7) is 1.60. The zero-order chi connectivity index (χ0) is 9.14. The van der Waals surface area contributed by atoms with Crippen molar-refractivity contribution in [3.63, 3.8) is 0 Å². The van der Waals surface area contributed by atoms with Gasteiger partial charge in [0, 0.05) is 11.8 Å². The summed E-state index contributed by atoms with van der Waals surface area (Å²) in [5.74, 6) is -0.722. The van der Waals surface area contributed by atoms with Gasteiger partial charge in [-0.2, -0.15) is 0 Å². The second-order valence-corrected chi connectivity index (χ2v) is 2.24. The number of carbonyl (C=O) groups excluding carboxylic acids is 1. The van der Waals surface area contributed by atoms with Gasteiger partial charge in [0.2, 0.25) is 5.82 Å². The van der Waals surface area contributed by atoms with Crippen molar-refractivity contribution in [1.82, 2.24) is 9.97 Å². The molecule has 5 nitrogen and oxygen atoms in total. The number of aromatic amines is 1. The van der Waals surface area contributed by atoms with Crippen molar-refractivity contribution >= 4 is 5.97 Å². The Morgan fingerprint density at radius 3 is 2.83 bits per heavy atom. The topological polar surface area (TPSA) is 72.0 Å². The van der Waals surface area contributed by atoms with Crippen LogP contribution in [0.4, 0.5) is 0 Å². The quantitative estimate of drug-likeness (QED) is 0.592. The maximum Gasteiger partial charge on any atom is 0.374 e. The lowest BCUT2D eigenvalue weighted by molar-refractivity contribution is 0.0586. The fourth-order valence-corrected chi connectivity index (χ4v) is 0.659. The first-order valence-electron chi connectivity index (χ1n) is 3.29. The number of aryl methyl sites for hydroxylation is 1. The van der Waals surface area contributed by atoms with Crippen molar-refractivity contribution in [2.45, 2.75) is 6.92 Å². The third-order valence-corrected chi connectivity index (χ3v) is 1.36. The SMILES string of the molecule is COC(=O)c1ncc(C)c(=O)[nH]1. The summed E-state index contributed by atoms with van der Waals surface area (Å²) in [5.41, 5.74) is 0.132. The van der Waals surface area contributed by atoms with Crippen LogP contribution in [-0.2, 0) is 4.74 Å². The average molecular weight is 168 g/mol. The lowest BCUT2D eigenvalue weighted by Gasteiger charge is -1.96. The highest BCUT2D eigenvalue weighted by Crippen LogP contribution is 1.89. The lowest BCUT2D eigenvalue weighted by atomic mass is 10.4. The maximum atomic E-state index is 11.0. The average Bonchev–Trinajstić information content (AvgIpc) is 2.08. The van der Waals surface area contributed by atoms with E-state index in [0.29, 0.717) is 5.56 Å². The molecule has 1 aromatic rings. The number of aromatic nitrogens is 2. The molecule has 5 heteroatoms. The summed E-state index contributed by atoms with van der Waals surface area (Å²) in [6, 6.07) is 0. The number of rotatable bonds is 1. The van der Waals surface area contributed by atoms with Crippen molar-refractivity contribution in [3.05, 3.63) is 27.9 Å². The molecule has 12 heavy (non-hydrogen) atoms. The van der Waals surface area contributed by atoms with Gasteiger partial charge >= 0.3 is 5.97 Å². The summed E-state index contributed by atoms with van der Waals surface area (Å²) in [4.78, 5) is 27.7. The molecule has 1 aromatic heterocycles. The molecule has 1 rings (SSSR count). The Morgan fingerprint density at radius 1 is 1.67 bits per heavy atom. The molecule has 1 N–H and O–H groups in total.